The van der Waals surface area contributed by atoms with Crippen molar-refractivity contribution < 1.29 is 4.74 Å². The van der Waals surface area contributed by atoms with Crippen LogP contribution in [0.3, 0.4) is 0 Å². The fourth-order valence-electron chi connectivity index (χ4n) is 4.01. The van der Waals surface area contributed by atoms with Gasteiger partial charge in [0, 0.05) is 57.4 Å². The van der Waals surface area contributed by atoms with Gasteiger partial charge in [0.15, 0.2) is 0 Å². The van der Waals surface area contributed by atoms with E-state index in [1.807, 2.05) is 30.1 Å². The van der Waals surface area contributed by atoms with Crippen molar-refractivity contribution in [3.8, 4) is 5.69 Å². The zero-order valence-electron chi connectivity index (χ0n) is 18.0. The van der Waals surface area contributed by atoms with E-state index >= 15 is 0 Å². The number of pyridine rings is 1. The molecule has 0 bridgehead atoms. The molecule has 0 atom stereocenters. The van der Waals surface area contributed by atoms with Crippen molar-refractivity contribution in [2.75, 3.05) is 39.4 Å². The predicted octanol–water partition coefficient (Wildman–Crippen LogP) is 3.22. The maximum Gasteiger partial charge on any atom is 0.0651 e. The highest BCUT2D eigenvalue weighted by atomic mass is 16.5. The number of morpholine rings is 1. The van der Waals surface area contributed by atoms with Crippen LogP contribution in [0.1, 0.15) is 22.5 Å². The molecule has 0 aliphatic carbocycles. The average molecular weight is 406 g/mol. The first kappa shape index (κ1) is 20.7. The Morgan fingerprint density at radius 2 is 1.80 bits per heavy atom. The Kier molecular flexibility index (Phi) is 6.89. The summed E-state index contributed by atoms with van der Waals surface area (Å²) in [6, 6.07) is 15.0. The van der Waals surface area contributed by atoms with Crippen LogP contribution in [0.2, 0.25) is 0 Å². The molecular weight excluding hydrogens is 374 g/mol. The van der Waals surface area contributed by atoms with Gasteiger partial charge in [-0.1, -0.05) is 18.2 Å². The summed E-state index contributed by atoms with van der Waals surface area (Å²) in [5.41, 5.74) is 5.86. The lowest BCUT2D eigenvalue weighted by Crippen LogP contribution is -2.41. The smallest absolute Gasteiger partial charge is 0.0651 e. The van der Waals surface area contributed by atoms with Crippen molar-refractivity contribution in [1.29, 1.82) is 0 Å². The normalized spacial score (nSPS) is 15.0. The summed E-state index contributed by atoms with van der Waals surface area (Å²) in [5, 5.41) is 4.64. The largest absolute Gasteiger partial charge is 0.379 e. The van der Waals surface area contributed by atoms with E-state index in [9.17, 15) is 0 Å². The highest BCUT2D eigenvalue weighted by Crippen LogP contribution is 2.16. The molecular formula is C24H31N5O. The molecule has 1 aliphatic rings. The van der Waals surface area contributed by atoms with Crippen molar-refractivity contribution in [3.63, 3.8) is 0 Å². The lowest BCUT2D eigenvalue weighted by atomic mass is 10.1. The number of benzene rings is 1. The fourth-order valence-corrected chi connectivity index (χ4v) is 4.01. The highest BCUT2D eigenvalue weighted by Gasteiger charge is 2.14. The van der Waals surface area contributed by atoms with Crippen molar-refractivity contribution in [1.82, 2.24) is 24.6 Å². The molecule has 1 saturated heterocycles. The molecule has 3 aromatic rings. The number of rotatable bonds is 8. The van der Waals surface area contributed by atoms with Gasteiger partial charge >= 0.3 is 0 Å². The molecule has 4 rings (SSSR count). The summed E-state index contributed by atoms with van der Waals surface area (Å²) in [5.74, 6) is 0. The molecule has 2 aromatic heterocycles. The topological polar surface area (TPSA) is 46.4 Å². The van der Waals surface area contributed by atoms with E-state index in [-0.39, 0.29) is 0 Å². The summed E-state index contributed by atoms with van der Waals surface area (Å²) in [7, 11) is 0. The molecule has 6 heteroatoms. The summed E-state index contributed by atoms with van der Waals surface area (Å²) in [6.45, 7) is 11.7. The van der Waals surface area contributed by atoms with Crippen LogP contribution in [0.15, 0.2) is 54.9 Å². The average Bonchev–Trinajstić information content (AvgIpc) is 3.12. The Labute approximate surface area is 179 Å². The fraction of sp³-hybridized carbons (Fsp3) is 0.417. The number of ether oxygens (including phenoxy) is 1. The molecule has 0 radical (unpaired) electrons. The van der Waals surface area contributed by atoms with E-state index < -0.39 is 0 Å². The lowest BCUT2D eigenvalue weighted by Gasteiger charge is -2.30. The van der Waals surface area contributed by atoms with Crippen molar-refractivity contribution in [2.24, 2.45) is 0 Å². The highest BCUT2D eigenvalue weighted by molar-refractivity contribution is 5.37. The molecule has 3 heterocycles. The molecule has 158 valence electrons. The van der Waals surface area contributed by atoms with Gasteiger partial charge < -0.3 is 4.74 Å². The van der Waals surface area contributed by atoms with Crippen LogP contribution in [0.5, 0.6) is 0 Å². The van der Waals surface area contributed by atoms with Crippen LogP contribution in [-0.2, 0) is 17.8 Å². The van der Waals surface area contributed by atoms with Crippen LogP contribution in [-0.4, -0.2) is 64.0 Å². The maximum absolute atomic E-state index is 5.49. The molecule has 0 saturated carbocycles. The zero-order chi connectivity index (χ0) is 20.8. The van der Waals surface area contributed by atoms with Gasteiger partial charge in [-0.3, -0.25) is 14.8 Å². The third-order valence-corrected chi connectivity index (χ3v) is 5.54. The molecule has 0 spiro atoms. The van der Waals surface area contributed by atoms with E-state index in [1.54, 1.807) is 0 Å². The SMILES string of the molecule is Cc1cc(C)n(-c2cccc(CN(CCN3CCOCC3)Cc3cccnc3)c2)n1. The third kappa shape index (κ3) is 5.53. The zero-order valence-corrected chi connectivity index (χ0v) is 18.0. The van der Waals surface area contributed by atoms with Gasteiger partial charge in [-0.15, -0.1) is 0 Å². The van der Waals surface area contributed by atoms with Gasteiger partial charge in [-0.25, -0.2) is 4.68 Å². The monoisotopic (exact) mass is 405 g/mol. The number of aromatic nitrogens is 3. The summed E-state index contributed by atoms with van der Waals surface area (Å²) >= 11 is 0. The van der Waals surface area contributed by atoms with Crippen molar-refractivity contribution in [3.05, 3.63) is 77.4 Å². The van der Waals surface area contributed by atoms with Gasteiger partial charge in [0.2, 0.25) is 0 Å². The quantitative estimate of drug-likeness (QED) is 0.576. The van der Waals surface area contributed by atoms with Gasteiger partial charge in [0.05, 0.1) is 24.6 Å². The van der Waals surface area contributed by atoms with E-state index in [1.165, 1.54) is 11.1 Å². The molecule has 1 aromatic carbocycles. The predicted molar refractivity (Wildman–Crippen MR) is 119 cm³/mol. The third-order valence-electron chi connectivity index (χ3n) is 5.54. The van der Waals surface area contributed by atoms with Gasteiger partial charge in [-0.2, -0.15) is 5.10 Å². The van der Waals surface area contributed by atoms with Gasteiger partial charge in [-0.05, 0) is 49.2 Å². The van der Waals surface area contributed by atoms with Crippen LogP contribution in [0.4, 0.5) is 0 Å². The van der Waals surface area contributed by atoms with Crippen LogP contribution in [0, 0.1) is 13.8 Å². The second kappa shape index (κ2) is 9.98. The van der Waals surface area contributed by atoms with Crippen molar-refractivity contribution in [2.45, 2.75) is 26.9 Å². The van der Waals surface area contributed by atoms with Crippen LogP contribution in [0.25, 0.3) is 5.69 Å². The number of aryl methyl sites for hydroxylation is 2. The Bertz CT molecular complexity index is 934. The van der Waals surface area contributed by atoms with E-state index in [4.69, 9.17) is 4.74 Å². The second-order valence-electron chi connectivity index (χ2n) is 8.03. The Morgan fingerprint density at radius 1 is 1.00 bits per heavy atom. The van der Waals surface area contributed by atoms with E-state index in [0.29, 0.717) is 0 Å². The van der Waals surface area contributed by atoms with Gasteiger partial charge in [0.1, 0.15) is 0 Å². The Balaban J connectivity index is 1.48. The first-order valence-corrected chi connectivity index (χ1v) is 10.7. The molecule has 1 aliphatic heterocycles. The molecule has 0 amide bonds. The minimum atomic E-state index is 0.841. The van der Waals surface area contributed by atoms with Crippen molar-refractivity contribution >= 4 is 0 Å². The van der Waals surface area contributed by atoms with E-state index in [0.717, 1.165) is 69.6 Å². The molecule has 1 fully saturated rings. The lowest BCUT2D eigenvalue weighted by molar-refractivity contribution is 0.0325. The summed E-state index contributed by atoms with van der Waals surface area (Å²) in [6.07, 6.45) is 3.80. The first-order valence-electron chi connectivity index (χ1n) is 10.7. The molecule has 0 N–H and O–H groups in total. The number of hydrogen-bond donors (Lipinski definition) is 0. The van der Waals surface area contributed by atoms with E-state index in [2.05, 4.69) is 63.2 Å². The number of hydrogen-bond acceptors (Lipinski definition) is 5. The maximum atomic E-state index is 5.49. The summed E-state index contributed by atoms with van der Waals surface area (Å²) in [4.78, 5) is 9.29. The van der Waals surface area contributed by atoms with Gasteiger partial charge in [0.25, 0.3) is 0 Å². The number of nitrogens with zero attached hydrogens (tertiary/aromatic N) is 5. The first-order chi connectivity index (χ1) is 14.7. The van der Waals surface area contributed by atoms with Crippen LogP contribution < -0.4 is 0 Å². The Hall–Kier alpha value is -2.54. The second-order valence-corrected chi connectivity index (χ2v) is 8.03. The standard InChI is InChI=1S/C24H31N5O/c1-20-15-21(2)29(26-20)24-7-3-5-22(16-24)18-28(19-23-6-4-8-25-17-23)10-9-27-11-13-30-14-12-27/h3-8,15-17H,9-14,18-19H2,1-2H3. The molecule has 0 unspecified atom stereocenters. The Morgan fingerprint density at radius 3 is 2.53 bits per heavy atom. The summed E-state index contributed by atoms with van der Waals surface area (Å²) < 4.78 is 7.52. The molecule has 30 heavy (non-hydrogen) atoms. The minimum absolute atomic E-state index is 0.841. The molecule has 6 nitrogen and oxygen atoms in total. The minimum Gasteiger partial charge on any atom is -0.379 e. The van der Waals surface area contributed by atoms with Crippen LogP contribution >= 0.6 is 0 Å².